The van der Waals surface area contributed by atoms with E-state index in [1.54, 1.807) is 11.0 Å². The molecule has 7 heteroatoms. The number of hydrogen-bond acceptors (Lipinski definition) is 5. The van der Waals surface area contributed by atoms with Gasteiger partial charge in [0.25, 0.3) is 0 Å². The van der Waals surface area contributed by atoms with E-state index in [9.17, 15) is 4.79 Å². The normalized spacial score (nSPS) is 10.4. The number of hydrogen-bond donors (Lipinski definition) is 2. The molecule has 24 heavy (non-hydrogen) atoms. The smallest absolute Gasteiger partial charge is 0.239 e. The Morgan fingerprint density at radius 1 is 1.17 bits per heavy atom. The van der Waals surface area contributed by atoms with Gasteiger partial charge in [-0.05, 0) is 46.7 Å². The molecule has 7 nitrogen and oxygen atoms in total. The highest BCUT2D eigenvalue weighted by atomic mass is 16.1. The lowest BCUT2D eigenvalue weighted by molar-refractivity contribution is -0.119. The number of tetrazole rings is 1. The average molecular weight is 322 g/mol. The number of aryl methyl sites for hydroxylation is 1. The number of amides is 1. The van der Waals surface area contributed by atoms with Crippen LogP contribution in [-0.4, -0.2) is 32.7 Å². The molecule has 0 atom stereocenters. The summed E-state index contributed by atoms with van der Waals surface area (Å²) in [5.41, 5.74) is 3.86. The van der Waals surface area contributed by atoms with E-state index in [4.69, 9.17) is 0 Å². The molecule has 0 saturated heterocycles. The number of carbonyl (C=O) groups excluding carboxylic acids is 1. The Labute approximate surface area is 139 Å². The molecule has 1 heterocycles. The van der Waals surface area contributed by atoms with Crippen LogP contribution < -0.4 is 10.6 Å². The molecular weight excluding hydrogens is 304 g/mol. The summed E-state index contributed by atoms with van der Waals surface area (Å²) >= 11 is 0. The molecule has 0 spiro atoms. The summed E-state index contributed by atoms with van der Waals surface area (Å²) in [6, 6.07) is 15.6. The summed E-state index contributed by atoms with van der Waals surface area (Å²) in [7, 11) is 0. The minimum absolute atomic E-state index is 0.0546. The zero-order valence-corrected chi connectivity index (χ0v) is 13.3. The average Bonchev–Trinajstić information content (AvgIpc) is 3.13. The summed E-state index contributed by atoms with van der Waals surface area (Å²) in [5, 5.41) is 17.1. The minimum atomic E-state index is -0.0546. The molecule has 0 radical (unpaired) electrons. The monoisotopic (exact) mass is 322 g/mol. The zero-order chi connectivity index (χ0) is 16.8. The molecule has 0 saturated carbocycles. The first kappa shape index (κ1) is 15.7. The van der Waals surface area contributed by atoms with Crippen LogP contribution in [0.1, 0.15) is 11.1 Å². The lowest BCUT2D eigenvalue weighted by Crippen LogP contribution is -2.29. The van der Waals surface area contributed by atoms with Crippen LogP contribution in [-0.2, 0) is 11.3 Å². The van der Waals surface area contributed by atoms with Crippen LogP contribution in [0.4, 0.5) is 5.69 Å². The second-order valence-corrected chi connectivity index (χ2v) is 5.37. The highest BCUT2D eigenvalue weighted by Gasteiger charge is 2.05. The van der Waals surface area contributed by atoms with Crippen molar-refractivity contribution in [1.29, 1.82) is 0 Å². The summed E-state index contributed by atoms with van der Waals surface area (Å²) in [5.74, 6) is -0.0546. The van der Waals surface area contributed by atoms with E-state index >= 15 is 0 Å². The largest absolute Gasteiger partial charge is 0.376 e. The molecule has 0 fully saturated rings. The fraction of sp³-hybridized carbons (Fsp3) is 0.176. The third-order valence-electron chi connectivity index (χ3n) is 3.58. The van der Waals surface area contributed by atoms with Gasteiger partial charge in [-0.1, -0.05) is 30.3 Å². The Balaban J connectivity index is 1.53. The number of anilines is 1. The SMILES string of the molecule is Cc1cc(NCC(=O)NCc2ccccc2)ccc1-n1cnnn1. The van der Waals surface area contributed by atoms with Crippen LogP contribution in [0.2, 0.25) is 0 Å². The Morgan fingerprint density at radius 2 is 2.00 bits per heavy atom. The molecule has 1 aromatic heterocycles. The molecule has 3 aromatic rings. The lowest BCUT2D eigenvalue weighted by Gasteiger charge is -2.10. The maximum Gasteiger partial charge on any atom is 0.239 e. The predicted octanol–water partition coefficient (Wildman–Crippen LogP) is 1.70. The van der Waals surface area contributed by atoms with Crippen molar-refractivity contribution in [2.45, 2.75) is 13.5 Å². The Hall–Kier alpha value is -3.22. The van der Waals surface area contributed by atoms with Crippen molar-refractivity contribution in [1.82, 2.24) is 25.5 Å². The van der Waals surface area contributed by atoms with Gasteiger partial charge in [0.05, 0.1) is 12.2 Å². The molecule has 0 bridgehead atoms. The van der Waals surface area contributed by atoms with Crippen LogP contribution >= 0.6 is 0 Å². The second-order valence-electron chi connectivity index (χ2n) is 5.37. The van der Waals surface area contributed by atoms with E-state index < -0.39 is 0 Å². The van der Waals surface area contributed by atoms with E-state index in [1.807, 2.05) is 55.5 Å². The summed E-state index contributed by atoms with van der Waals surface area (Å²) in [6.45, 7) is 2.72. The second kappa shape index (κ2) is 7.36. The van der Waals surface area contributed by atoms with E-state index in [2.05, 4.69) is 26.2 Å². The maximum atomic E-state index is 11.9. The van der Waals surface area contributed by atoms with Gasteiger partial charge in [-0.25, -0.2) is 4.68 Å². The van der Waals surface area contributed by atoms with Crippen LogP contribution in [0.5, 0.6) is 0 Å². The van der Waals surface area contributed by atoms with Crippen molar-refractivity contribution < 1.29 is 4.79 Å². The highest BCUT2D eigenvalue weighted by Crippen LogP contribution is 2.17. The van der Waals surface area contributed by atoms with Crippen molar-refractivity contribution in [2.24, 2.45) is 0 Å². The van der Waals surface area contributed by atoms with Gasteiger partial charge in [0.15, 0.2) is 0 Å². The summed E-state index contributed by atoms with van der Waals surface area (Å²) < 4.78 is 1.60. The van der Waals surface area contributed by atoms with Crippen molar-refractivity contribution in [3.05, 3.63) is 66.0 Å². The lowest BCUT2D eigenvalue weighted by atomic mass is 10.2. The third-order valence-corrected chi connectivity index (χ3v) is 3.58. The Bertz CT molecular complexity index is 801. The van der Waals surface area contributed by atoms with Gasteiger partial charge < -0.3 is 10.6 Å². The first-order valence-electron chi connectivity index (χ1n) is 7.61. The molecule has 2 aromatic carbocycles. The van der Waals surface area contributed by atoms with Crippen molar-refractivity contribution in [3.63, 3.8) is 0 Å². The maximum absolute atomic E-state index is 11.9. The number of nitrogens with zero attached hydrogens (tertiary/aromatic N) is 4. The molecule has 0 aliphatic rings. The number of rotatable bonds is 6. The molecule has 3 rings (SSSR count). The fourth-order valence-corrected chi connectivity index (χ4v) is 2.34. The zero-order valence-electron chi connectivity index (χ0n) is 13.3. The Morgan fingerprint density at radius 3 is 2.71 bits per heavy atom. The molecule has 0 unspecified atom stereocenters. The van der Waals surface area contributed by atoms with Gasteiger partial charge in [-0.2, -0.15) is 0 Å². The van der Waals surface area contributed by atoms with Gasteiger partial charge in [-0.15, -0.1) is 5.10 Å². The topological polar surface area (TPSA) is 84.7 Å². The van der Waals surface area contributed by atoms with Gasteiger partial charge in [0.1, 0.15) is 6.33 Å². The van der Waals surface area contributed by atoms with Crippen molar-refractivity contribution in [2.75, 3.05) is 11.9 Å². The first-order valence-corrected chi connectivity index (χ1v) is 7.61. The first-order chi connectivity index (χ1) is 11.7. The molecule has 1 amide bonds. The molecule has 0 aliphatic carbocycles. The summed E-state index contributed by atoms with van der Waals surface area (Å²) in [4.78, 5) is 11.9. The van der Waals surface area contributed by atoms with E-state index in [-0.39, 0.29) is 12.5 Å². The number of nitrogens with one attached hydrogen (secondary N) is 2. The van der Waals surface area contributed by atoms with Crippen molar-refractivity contribution in [3.8, 4) is 5.69 Å². The quantitative estimate of drug-likeness (QED) is 0.721. The fourth-order valence-electron chi connectivity index (χ4n) is 2.34. The summed E-state index contributed by atoms with van der Waals surface area (Å²) in [6.07, 6.45) is 1.55. The molecular formula is C17H18N6O. The van der Waals surface area contributed by atoms with Crippen molar-refractivity contribution >= 4 is 11.6 Å². The van der Waals surface area contributed by atoms with Gasteiger partial charge in [0, 0.05) is 12.2 Å². The van der Waals surface area contributed by atoms with Crippen LogP contribution in [0.15, 0.2) is 54.9 Å². The standard InChI is InChI=1S/C17H18N6O/c1-13-9-15(7-8-16(13)23-12-20-21-22-23)18-11-17(24)19-10-14-5-3-2-4-6-14/h2-9,12,18H,10-11H2,1H3,(H,19,24). The van der Waals surface area contributed by atoms with Crippen LogP contribution in [0, 0.1) is 6.92 Å². The minimum Gasteiger partial charge on any atom is -0.376 e. The van der Waals surface area contributed by atoms with Crippen LogP contribution in [0.25, 0.3) is 5.69 Å². The van der Waals surface area contributed by atoms with Gasteiger partial charge in [0.2, 0.25) is 5.91 Å². The number of benzene rings is 2. The number of carbonyl (C=O) groups is 1. The van der Waals surface area contributed by atoms with E-state index in [0.717, 1.165) is 22.5 Å². The third kappa shape index (κ3) is 3.95. The molecule has 2 N–H and O–H groups in total. The molecule has 0 aliphatic heterocycles. The van der Waals surface area contributed by atoms with E-state index in [0.29, 0.717) is 6.54 Å². The highest BCUT2D eigenvalue weighted by molar-refractivity contribution is 5.80. The molecule has 122 valence electrons. The predicted molar refractivity (Wildman–Crippen MR) is 90.7 cm³/mol. The van der Waals surface area contributed by atoms with Gasteiger partial charge in [-0.3, -0.25) is 4.79 Å². The van der Waals surface area contributed by atoms with Gasteiger partial charge >= 0.3 is 0 Å². The van der Waals surface area contributed by atoms with E-state index in [1.165, 1.54) is 0 Å². The Kier molecular flexibility index (Phi) is 4.81. The number of aromatic nitrogens is 4. The van der Waals surface area contributed by atoms with Crippen LogP contribution in [0.3, 0.4) is 0 Å².